The second-order valence-corrected chi connectivity index (χ2v) is 6.33. The van der Waals surface area contributed by atoms with E-state index in [0.717, 1.165) is 23.3 Å². The summed E-state index contributed by atoms with van der Waals surface area (Å²) in [6, 6.07) is 16.4. The molecule has 2 rings (SSSR count). The molecule has 27 heavy (non-hydrogen) atoms. The number of methoxy groups -OCH3 is 1. The normalized spacial score (nSPS) is 11.5. The van der Waals surface area contributed by atoms with Gasteiger partial charge in [-0.3, -0.25) is 9.59 Å². The number of rotatable bonds is 9. The van der Waals surface area contributed by atoms with Gasteiger partial charge >= 0.3 is 0 Å². The van der Waals surface area contributed by atoms with Crippen molar-refractivity contribution in [2.45, 2.75) is 39.3 Å². The second-order valence-electron chi connectivity index (χ2n) is 6.33. The molecule has 0 aliphatic carbocycles. The first-order valence-corrected chi connectivity index (χ1v) is 9.35. The van der Waals surface area contributed by atoms with Gasteiger partial charge in [0.05, 0.1) is 7.11 Å². The zero-order valence-electron chi connectivity index (χ0n) is 16.3. The predicted molar refractivity (Wildman–Crippen MR) is 106 cm³/mol. The van der Waals surface area contributed by atoms with Gasteiger partial charge in [0.2, 0.25) is 11.8 Å². The molecule has 1 N–H and O–H groups in total. The van der Waals surface area contributed by atoms with Gasteiger partial charge in [0.1, 0.15) is 11.8 Å². The lowest BCUT2D eigenvalue weighted by Crippen LogP contribution is -2.43. The van der Waals surface area contributed by atoms with Crippen LogP contribution in [0.1, 0.15) is 43.9 Å². The SMILES string of the molecule is CCCC(=O)N(Cc1ccc(OC)cc1)[C@H](C(=O)NCC)c1ccccc1. The van der Waals surface area contributed by atoms with Crippen LogP contribution < -0.4 is 10.1 Å². The van der Waals surface area contributed by atoms with Crippen molar-refractivity contribution in [3.05, 3.63) is 65.7 Å². The summed E-state index contributed by atoms with van der Waals surface area (Å²) in [6.07, 6.45) is 1.13. The first kappa shape index (κ1) is 20.5. The summed E-state index contributed by atoms with van der Waals surface area (Å²) in [5, 5.41) is 2.87. The molecule has 2 aromatic rings. The van der Waals surface area contributed by atoms with E-state index in [1.807, 2.05) is 68.4 Å². The molecule has 0 aliphatic heterocycles. The Bertz CT molecular complexity index is 729. The smallest absolute Gasteiger partial charge is 0.247 e. The van der Waals surface area contributed by atoms with Crippen molar-refractivity contribution >= 4 is 11.8 Å². The van der Waals surface area contributed by atoms with Crippen LogP contribution in [0.3, 0.4) is 0 Å². The van der Waals surface area contributed by atoms with Crippen LogP contribution in [0.2, 0.25) is 0 Å². The minimum Gasteiger partial charge on any atom is -0.497 e. The Balaban J connectivity index is 2.39. The predicted octanol–water partition coefficient (Wildman–Crippen LogP) is 3.70. The van der Waals surface area contributed by atoms with E-state index < -0.39 is 6.04 Å². The van der Waals surface area contributed by atoms with Crippen LogP contribution >= 0.6 is 0 Å². The van der Waals surface area contributed by atoms with Crippen molar-refractivity contribution < 1.29 is 14.3 Å². The summed E-state index contributed by atoms with van der Waals surface area (Å²) in [4.78, 5) is 27.4. The molecule has 0 aromatic heterocycles. The van der Waals surface area contributed by atoms with Gasteiger partial charge in [0.15, 0.2) is 0 Å². The number of ether oxygens (including phenoxy) is 1. The Morgan fingerprint density at radius 3 is 2.26 bits per heavy atom. The molecule has 0 heterocycles. The first-order chi connectivity index (χ1) is 13.1. The largest absolute Gasteiger partial charge is 0.497 e. The number of carbonyl (C=O) groups excluding carboxylic acids is 2. The molecule has 144 valence electrons. The summed E-state index contributed by atoms with van der Waals surface area (Å²) in [5.41, 5.74) is 1.76. The van der Waals surface area contributed by atoms with Crippen LogP contribution in [-0.2, 0) is 16.1 Å². The molecule has 0 bridgehead atoms. The van der Waals surface area contributed by atoms with E-state index >= 15 is 0 Å². The van der Waals surface area contributed by atoms with E-state index in [1.54, 1.807) is 12.0 Å². The molecule has 2 amide bonds. The number of hydrogen-bond donors (Lipinski definition) is 1. The molecular formula is C22H28N2O3. The minimum atomic E-state index is -0.660. The van der Waals surface area contributed by atoms with Gasteiger partial charge in [-0.15, -0.1) is 0 Å². The lowest BCUT2D eigenvalue weighted by Gasteiger charge is -2.31. The highest BCUT2D eigenvalue weighted by Gasteiger charge is 2.30. The Morgan fingerprint density at radius 2 is 1.70 bits per heavy atom. The van der Waals surface area contributed by atoms with Gasteiger partial charge in [-0.25, -0.2) is 0 Å². The average molecular weight is 368 g/mol. The highest BCUT2D eigenvalue weighted by molar-refractivity contribution is 5.88. The molecule has 0 spiro atoms. The Morgan fingerprint density at radius 1 is 1.04 bits per heavy atom. The third-order valence-corrected chi connectivity index (χ3v) is 4.32. The highest BCUT2D eigenvalue weighted by atomic mass is 16.5. The number of likely N-dealkylation sites (N-methyl/N-ethyl adjacent to an activating group) is 1. The van der Waals surface area contributed by atoms with Crippen molar-refractivity contribution in [3.63, 3.8) is 0 Å². The topological polar surface area (TPSA) is 58.6 Å². The van der Waals surface area contributed by atoms with Crippen molar-refractivity contribution in [1.82, 2.24) is 10.2 Å². The van der Waals surface area contributed by atoms with Crippen molar-refractivity contribution in [2.24, 2.45) is 0 Å². The lowest BCUT2D eigenvalue weighted by atomic mass is 10.0. The summed E-state index contributed by atoms with van der Waals surface area (Å²) >= 11 is 0. The number of hydrogen-bond acceptors (Lipinski definition) is 3. The van der Waals surface area contributed by atoms with Crippen LogP contribution in [0.15, 0.2) is 54.6 Å². The number of benzene rings is 2. The molecule has 0 aliphatic rings. The Kier molecular flexibility index (Phi) is 7.86. The zero-order chi connectivity index (χ0) is 19.6. The van der Waals surface area contributed by atoms with E-state index in [2.05, 4.69) is 5.32 Å². The fraction of sp³-hybridized carbons (Fsp3) is 0.364. The quantitative estimate of drug-likeness (QED) is 0.734. The van der Waals surface area contributed by atoms with Gasteiger partial charge < -0.3 is 15.0 Å². The van der Waals surface area contributed by atoms with E-state index in [4.69, 9.17) is 4.74 Å². The van der Waals surface area contributed by atoms with Crippen LogP contribution in [0, 0.1) is 0 Å². The fourth-order valence-corrected chi connectivity index (χ4v) is 2.99. The second kappa shape index (κ2) is 10.4. The average Bonchev–Trinajstić information content (AvgIpc) is 2.69. The molecule has 5 heteroatoms. The van der Waals surface area contributed by atoms with Crippen LogP contribution in [0.5, 0.6) is 5.75 Å². The maximum atomic E-state index is 12.9. The van der Waals surface area contributed by atoms with Gasteiger partial charge in [-0.05, 0) is 36.6 Å². The van der Waals surface area contributed by atoms with Gasteiger partial charge in [-0.1, -0.05) is 49.4 Å². The molecule has 0 saturated heterocycles. The molecule has 5 nitrogen and oxygen atoms in total. The summed E-state index contributed by atoms with van der Waals surface area (Å²) in [7, 11) is 1.62. The third kappa shape index (κ3) is 5.58. The molecule has 0 saturated carbocycles. The fourth-order valence-electron chi connectivity index (χ4n) is 2.99. The van der Waals surface area contributed by atoms with E-state index in [1.165, 1.54) is 0 Å². The van der Waals surface area contributed by atoms with Crippen LogP contribution in [0.4, 0.5) is 0 Å². The molecule has 0 unspecified atom stereocenters. The molecule has 0 fully saturated rings. The number of amides is 2. The Labute approximate surface area is 161 Å². The Hall–Kier alpha value is -2.82. The molecule has 0 radical (unpaired) electrons. The van der Waals surface area contributed by atoms with Crippen molar-refractivity contribution in [3.8, 4) is 5.75 Å². The van der Waals surface area contributed by atoms with E-state index in [9.17, 15) is 9.59 Å². The van der Waals surface area contributed by atoms with Gasteiger partial charge in [0.25, 0.3) is 0 Å². The first-order valence-electron chi connectivity index (χ1n) is 9.35. The number of nitrogens with one attached hydrogen (secondary N) is 1. The maximum Gasteiger partial charge on any atom is 0.247 e. The van der Waals surface area contributed by atoms with Crippen molar-refractivity contribution in [2.75, 3.05) is 13.7 Å². The van der Waals surface area contributed by atoms with E-state index in [0.29, 0.717) is 19.5 Å². The molecular weight excluding hydrogens is 340 g/mol. The molecule has 2 aromatic carbocycles. The lowest BCUT2D eigenvalue weighted by molar-refractivity contribution is -0.141. The van der Waals surface area contributed by atoms with Crippen LogP contribution in [0.25, 0.3) is 0 Å². The molecule has 1 atom stereocenters. The number of carbonyl (C=O) groups is 2. The summed E-state index contributed by atoms with van der Waals surface area (Å²) in [6.45, 7) is 4.72. The van der Waals surface area contributed by atoms with Gasteiger partial charge in [0, 0.05) is 19.5 Å². The number of nitrogens with zero attached hydrogens (tertiary/aromatic N) is 1. The van der Waals surface area contributed by atoms with Gasteiger partial charge in [-0.2, -0.15) is 0 Å². The van der Waals surface area contributed by atoms with E-state index in [-0.39, 0.29) is 11.8 Å². The summed E-state index contributed by atoms with van der Waals surface area (Å²) < 4.78 is 5.20. The zero-order valence-corrected chi connectivity index (χ0v) is 16.3. The third-order valence-electron chi connectivity index (χ3n) is 4.32. The highest BCUT2D eigenvalue weighted by Crippen LogP contribution is 2.25. The minimum absolute atomic E-state index is 0.0339. The van der Waals surface area contributed by atoms with Crippen LogP contribution in [-0.4, -0.2) is 30.4 Å². The maximum absolute atomic E-state index is 12.9. The van der Waals surface area contributed by atoms with Crippen molar-refractivity contribution in [1.29, 1.82) is 0 Å². The monoisotopic (exact) mass is 368 g/mol. The summed E-state index contributed by atoms with van der Waals surface area (Å²) in [5.74, 6) is 0.559. The standard InChI is InChI=1S/C22H28N2O3/c1-4-9-20(25)24(16-17-12-14-19(27-3)15-13-17)21(22(26)23-5-2)18-10-7-6-8-11-18/h6-8,10-15,21H,4-5,9,16H2,1-3H3,(H,23,26)/t21-/m0/s1.